The van der Waals surface area contributed by atoms with Gasteiger partial charge < -0.3 is 10.1 Å². The summed E-state index contributed by atoms with van der Waals surface area (Å²) in [5.41, 5.74) is 0.656. The molecule has 2 aromatic rings. The van der Waals surface area contributed by atoms with Crippen LogP contribution < -0.4 is 10.1 Å². The van der Waals surface area contributed by atoms with E-state index in [0.717, 1.165) is 12.1 Å². The molecule has 6 heteroatoms. The van der Waals surface area contributed by atoms with Gasteiger partial charge in [0.2, 0.25) is 5.88 Å². The van der Waals surface area contributed by atoms with Crippen molar-refractivity contribution in [1.82, 2.24) is 15.3 Å². The van der Waals surface area contributed by atoms with Gasteiger partial charge in [0.15, 0.2) is 11.6 Å². The number of rotatable bonds is 4. The van der Waals surface area contributed by atoms with Gasteiger partial charge in [-0.2, -0.15) is 0 Å². The molecule has 1 aromatic heterocycles. The van der Waals surface area contributed by atoms with Gasteiger partial charge in [-0.1, -0.05) is 0 Å². The standard InChI is InChI=1S/C15H17F2N3O/c1-15(2,3)19-8-10-7-18-9-14(20-10)21-11-4-5-12(16)13(17)6-11/h4-7,9,19H,8H2,1-3H3. The first-order valence-electron chi connectivity index (χ1n) is 6.52. The number of nitrogens with zero attached hydrogens (tertiary/aromatic N) is 2. The second-order valence-corrected chi connectivity index (χ2v) is 5.63. The molecule has 1 heterocycles. The predicted molar refractivity (Wildman–Crippen MR) is 75.1 cm³/mol. The van der Waals surface area contributed by atoms with Crippen molar-refractivity contribution in [2.24, 2.45) is 0 Å². The fraction of sp³-hybridized carbons (Fsp3) is 0.333. The Morgan fingerprint density at radius 3 is 2.57 bits per heavy atom. The highest BCUT2D eigenvalue weighted by molar-refractivity contribution is 5.27. The minimum atomic E-state index is -0.967. The van der Waals surface area contributed by atoms with Gasteiger partial charge in [-0.15, -0.1) is 0 Å². The zero-order valence-electron chi connectivity index (χ0n) is 12.2. The lowest BCUT2D eigenvalue weighted by atomic mass is 10.1. The highest BCUT2D eigenvalue weighted by Gasteiger charge is 2.10. The summed E-state index contributed by atoms with van der Waals surface area (Å²) in [6.07, 6.45) is 3.04. The van der Waals surface area contributed by atoms with Gasteiger partial charge >= 0.3 is 0 Å². The third-order valence-corrected chi connectivity index (χ3v) is 2.58. The first-order valence-corrected chi connectivity index (χ1v) is 6.52. The lowest BCUT2D eigenvalue weighted by molar-refractivity contribution is 0.413. The summed E-state index contributed by atoms with van der Waals surface area (Å²) in [6.45, 7) is 6.66. The topological polar surface area (TPSA) is 47.0 Å². The SMILES string of the molecule is CC(C)(C)NCc1cncc(Oc2ccc(F)c(F)c2)n1. The molecule has 1 aromatic carbocycles. The maximum absolute atomic E-state index is 13.1. The van der Waals surface area contributed by atoms with Gasteiger partial charge in [0.25, 0.3) is 0 Å². The summed E-state index contributed by atoms with van der Waals surface area (Å²) in [7, 11) is 0. The molecule has 0 aliphatic rings. The van der Waals surface area contributed by atoms with E-state index in [2.05, 4.69) is 15.3 Å². The number of hydrogen-bond donors (Lipinski definition) is 1. The predicted octanol–water partition coefficient (Wildman–Crippen LogP) is 3.44. The van der Waals surface area contributed by atoms with Gasteiger partial charge in [0, 0.05) is 24.3 Å². The Kier molecular flexibility index (Phi) is 4.47. The van der Waals surface area contributed by atoms with Crippen LogP contribution >= 0.6 is 0 Å². The van der Waals surface area contributed by atoms with Gasteiger partial charge in [0.1, 0.15) is 5.75 Å². The number of nitrogens with one attached hydrogen (secondary N) is 1. The molecule has 0 atom stereocenters. The molecule has 0 fully saturated rings. The molecular formula is C15H17F2N3O. The Hall–Kier alpha value is -2.08. The van der Waals surface area contributed by atoms with E-state index >= 15 is 0 Å². The molecule has 0 radical (unpaired) electrons. The molecule has 1 N–H and O–H groups in total. The molecule has 4 nitrogen and oxygen atoms in total. The van der Waals surface area contributed by atoms with E-state index in [0.29, 0.717) is 12.2 Å². The smallest absolute Gasteiger partial charge is 0.238 e. The molecule has 112 valence electrons. The van der Waals surface area contributed by atoms with Gasteiger partial charge in [-0.25, -0.2) is 13.8 Å². The molecule has 2 rings (SSSR count). The summed E-state index contributed by atoms with van der Waals surface area (Å²) in [6, 6.07) is 3.31. The minimum Gasteiger partial charge on any atom is -0.437 e. The van der Waals surface area contributed by atoms with Crippen LogP contribution in [-0.4, -0.2) is 15.5 Å². The maximum atomic E-state index is 13.1. The zero-order valence-corrected chi connectivity index (χ0v) is 12.2. The lowest BCUT2D eigenvalue weighted by Gasteiger charge is -2.20. The van der Waals surface area contributed by atoms with Crippen LogP contribution in [-0.2, 0) is 6.54 Å². The number of benzene rings is 1. The molecule has 0 saturated heterocycles. The number of hydrogen-bond acceptors (Lipinski definition) is 4. The second kappa shape index (κ2) is 6.13. The molecule has 0 bridgehead atoms. The molecule has 0 aliphatic carbocycles. The Labute approximate surface area is 122 Å². The van der Waals surface area contributed by atoms with Gasteiger partial charge in [0.05, 0.1) is 11.9 Å². The van der Waals surface area contributed by atoms with Crippen molar-refractivity contribution in [1.29, 1.82) is 0 Å². The van der Waals surface area contributed by atoms with E-state index in [-0.39, 0.29) is 17.2 Å². The van der Waals surface area contributed by atoms with E-state index in [4.69, 9.17) is 4.74 Å². The highest BCUT2D eigenvalue weighted by Crippen LogP contribution is 2.21. The van der Waals surface area contributed by atoms with Crippen molar-refractivity contribution in [2.75, 3.05) is 0 Å². The van der Waals surface area contributed by atoms with Crippen LogP contribution in [0.15, 0.2) is 30.6 Å². The van der Waals surface area contributed by atoms with Crippen molar-refractivity contribution < 1.29 is 13.5 Å². The largest absolute Gasteiger partial charge is 0.437 e. The first-order chi connectivity index (χ1) is 9.83. The summed E-state index contributed by atoms with van der Waals surface area (Å²) in [5, 5.41) is 3.28. The van der Waals surface area contributed by atoms with E-state index in [1.165, 1.54) is 12.3 Å². The highest BCUT2D eigenvalue weighted by atomic mass is 19.2. The minimum absolute atomic E-state index is 0.0430. The van der Waals surface area contributed by atoms with Crippen molar-refractivity contribution in [3.63, 3.8) is 0 Å². The molecule has 0 spiro atoms. The van der Waals surface area contributed by atoms with Crippen LogP contribution in [0.1, 0.15) is 26.5 Å². The van der Waals surface area contributed by atoms with Crippen LogP contribution in [0.4, 0.5) is 8.78 Å². The number of halogens is 2. The van der Waals surface area contributed by atoms with Crippen LogP contribution in [0, 0.1) is 11.6 Å². The van der Waals surface area contributed by atoms with E-state index < -0.39 is 11.6 Å². The summed E-state index contributed by atoms with van der Waals surface area (Å²) < 4.78 is 31.3. The number of aromatic nitrogens is 2. The summed E-state index contributed by atoms with van der Waals surface area (Å²) >= 11 is 0. The molecule has 0 saturated carbocycles. The second-order valence-electron chi connectivity index (χ2n) is 5.63. The van der Waals surface area contributed by atoms with E-state index in [1.54, 1.807) is 6.20 Å². The van der Waals surface area contributed by atoms with Crippen molar-refractivity contribution >= 4 is 0 Å². The van der Waals surface area contributed by atoms with Crippen molar-refractivity contribution in [2.45, 2.75) is 32.9 Å². The van der Waals surface area contributed by atoms with Crippen molar-refractivity contribution in [3.05, 3.63) is 47.9 Å². The Bertz CT molecular complexity index is 627. The Morgan fingerprint density at radius 1 is 1.14 bits per heavy atom. The number of ether oxygens (including phenoxy) is 1. The Morgan fingerprint density at radius 2 is 1.90 bits per heavy atom. The normalized spacial score (nSPS) is 11.5. The maximum Gasteiger partial charge on any atom is 0.238 e. The van der Waals surface area contributed by atoms with Crippen LogP contribution in [0.5, 0.6) is 11.6 Å². The molecule has 0 aliphatic heterocycles. The van der Waals surface area contributed by atoms with E-state index in [1.807, 2.05) is 20.8 Å². The van der Waals surface area contributed by atoms with Gasteiger partial charge in [-0.05, 0) is 32.9 Å². The third kappa shape index (κ3) is 4.75. The van der Waals surface area contributed by atoms with Crippen LogP contribution in [0.3, 0.4) is 0 Å². The first kappa shape index (κ1) is 15.3. The quantitative estimate of drug-likeness (QED) is 0.938. The fourth-order valence-electron chi connectivity index (χ4n) is 1.54. The Balaban J connectivity index is 2.08. The molecular weight excluding hydrogens is 276 g/mol. The monoisotopic (exact) mass is 293 g/mol. The molecule has 0 unspecified atom stereocenters. The van der Waals surface area contributed by atoms with Crippen LogP contribution in [0.25, 0.3) is 0 Å². The van der Waals surface area contributed by atoms with Crippen LogP contribution in [0.2, 0.25) is 0 Å². The summed E-state index contributed by atoms with van der Waals surface area (Å²) in [5.74, 6) is -1.49. The summed E-state index contributed by atoms with van der Waals surface area (Å²) in [4.78, 5) is 8.29. The van der Waals surface area contributed by atoms with Gasteiger partial charge in [-0.3, -0.25) is 4.98 Å². The molecule has 21 heavy (non-hydrogen) atoms. The lowest BCUT2D eigenvalue weighted by Crippen LogP contribution is -2.35. The zero-order chi connectivity index (χ0) is 15.5. The fourth-order valence-corrected chi connectivity index (χ4v) is 1.54. The average Bonchev–Trinajstić information content (AvgIpc) is 2.40. The van der Waals surface area contributed by atoms with Crippen molar-refractivity contribution in [3.8, 4) is 11.6 Å². The third-order valence-electron chi connectivity index (χ3n) is 2.58. The molecule has 0 amide bonds. The van der Waals surface area contributed by atoms with E-state index in [9.17, 15) is 8.78 Å². The average molecular weight is 293 g/mol.